The van der Waals surface area contributed by atoms with Crippen LogP contribution in [0.4, 0.5) is 11.6 Å². The van der Waals surface area contributed by atoms with Gasteiger partial charge in [-0.25, -0.2) is 4.98 Å². The molecular formula is C11H19N3OS. The Morgan fingerprint density at radius 3 is 2.62 bits per heavy atom. The highest BCUT2D eigenvalue weighted by Gasteiger charge is 1.96. The average Bonchev–Trinajstić information content (AvgIpc) is 2.25. The van der Waals surface area contributed by atoms with Crippen LogP contribution >= 0.6 is 0 Å². The molecule has 0 aliphatic rings. The van der Waals surface area contributed by atoms with E-state index in [4.69, 9.17) is 0 Å². The number of aromatic nitrogens is 1. The molecule has 0 saturated carbocycles. The summed E-state index contributed by atoms with van der Waals surface area (Å²) >= 11 is 0. The standard InChI is InChI=1S/C11H19N3OS/c1-3-12-10-6-4-7-11(14-10)13-8-5-9-16(2)15/h4,6-7H,3,5,8-9H2,1-2H3,(H2,12,13,14). The van der Waals surface area contributed by atoms with E-state index in [-0.39, 0.29) is 0 Å². The minimum Gasteiger partial charge on any atom is -0.370 e. The molecule has 1 aromatic heterocycles. The van der Waals surface area contributed by atoms with Crippen LogP contribution in [0, 0.1) is 0 Å². The number of hydrogen-bond acceptors (Lipinski definition) is 4. The van der Waals surface area contributed by atoms with Crippen LogP contribution in [-0.4, -0.2) is 34.3 Å². The zero-order valence-corrected chi connectivity index (χ0v) is 10.6. The second-order valence-electron chi connectivity index (χ2n) is 3.50. The minimum absolute atomic E-state index is 0.704. The first-order valence-electron chi connectivity index (χ1n) is 5.47. The summed E-state index contributed by atoms with van der Waals surface area (Å²) in [5.74, 6) is 2.48. The number of nitrogens with zero attached hydrogens (tertiary/aromatic N) is 1. The van der Waals surface area contributed by atoms with E-state index in [0.29, 0.717) is 0 Å². The van der Waals surface area contributed by atoms with E-state index >= 15 is 0 Å². The lowest BCUT2D eigenvalue weighted by molar-refractivity contribution is 0.685. The molecule has 0 fully saturated rings. The molecule has 0 saturated heterocycles. The Kier molecular flexibility index (Phi) is 5.85. The van der Waals surface area contributed by atoms with Gasteiger partial charge in [-0.15, -0.1) is 0 Å². The molecule has 0 aliphatic heterocycles. The van der Waals surface area contributed by atoms with Gasteiger partial charge >= 0.3 is 0 Å². The van der Waals surface area contributed by atoms with Crippen molar-refractivity contribution in [1.29, 1.82) is 0 Å². The summed E-state index contributed by atoms with van der Waals surface area (Å²) in [4.78, 5) is 4.38. The van der Waals surface area contributed by atoms with Crippen LogP contribution in [0.25, 0.3) is 0 Å². The smallest absolute Gasteiger partial charge is 0.128 e. The molecule has 1 heterocycles. The summed E-state index contributed by atoms with van der Waals surface area (Å²) in [5, 5.41) is 6.37. The Morgan fingerprint density at radius 2 is 2.00 bits per heavy atom. The molecule has 5 heteroatoms. The quantitative estimate of drug-likeness (QED) is 0.713. The van der Waals surface area contributed by atoms with E-state index in [1.165, 1.54) is 0 Å². The van der Waals surface area contributed by atoms with Gasteiger partial charge in [0.1, 0.15) is 11.6 Å². The summed E-state index contributed by atoms with van der Waals surface area (Å²) in [5.41, 5.74) is 0. The Morgan fingerprint density at radius 1 is 1.31 bits per heavy atom. The zero-order valence-electron chi connectivity index (χ0n) is 9.82. The van der Waals surface area contributed by atoms with E-state index in [9.17, 15) is 4.21 Å². The van der Waals surface area contributed by atoms with E-state index in [0.717, 1.165) is 36.9 Å². The number of rotatable bonds is 7. The lowest BCUT2D eigenvalue weighted by Gasteiger charge is -2.07. The van der Waals surface area contributed by atoms with Gasteiger partial charge in [-0.05, 0) is 25.5 Å². The van der Waals surface area contributed by atoms with Crippen molar-refractivity contribution in [2.75, 3.05) is 35.7 Å². The summed E-state index contributed by atoms with van der Waals surface area (Å²) in [7, 11) is -0.704. The monoisotopic (exact) mass is 241 g/mol. The molecule has 1 rings (SSSR count). The molecular weight excluding hydrogens is 222 g/mol. The lowest BCUT2D eigenvalue weighted by atomic mass is 10.4. The molecule has 1 unspecified atom stereocenters. The predicted molar refractivity (Wildman–Crippen MR) is 70.4 cm³/mol. The number of anilines is 2. The van der Waals surface area contributed by atoms with Crippen molar-refractivity contribution in [3.63, 3.8) is 0 Å². The highest BCUT2D eigenvalue weighted by molar-refractivity contribution is 7.84. The maximum Gasteiger partial charge on any atom is 0.128 e. The Bertz CT molecular complexity index is 344. The van der Waals surface area contributed by atoms with E-state index in [2.05, 4.69) is 15.6 Å². The van der Waals surface area contributed by atoms with E-state index in [1.54, 1.807) is 6.26 Å². The largest absolute Gasteiger partial charge is 0.370 e. The van der Waals surface area contributed by atoms with E-state index in [1.807, 2.05) is 25.1 Å². The molecule has 1 aromatic rings. The fourth-order valence-electron chi connectivity index (χ4n) is 1.30. The third-order valence-electron chi connectivity index (χ3n) is 2.02. The van der Waals surface area contributed by atoms with Crippen LogP contribution in [0.1, 0.15) is 13.3 Å². The van der Waals surface area contributed by atoms with Crippen molar-refractivity contribution in [3.05, 3.63) is 18.2 Å². The van der Waals surface area contributed by atoms with Gasteiger partial charge < -0.3 is 10.6 Å². The Labute approximate surface area is 99.3 Å². The molecule has 0 bridgehead atoms. The van der Waals surface area contributed by atoms with Crippen molar-refractivity contribution in [2.24, 2.45) is 0 Å². The SMILES string of the molecule is CCNc1cccc(NCCCS(C)=O)n1. The Hall–Kier alpha value is -1.10. The molecule has 1 atom stereocenters. The van der Waals surface area contributed by atoms with Crippen LogP contribution < -0.4 is 10.6 Å². The third kappa shape index (κ3) is 5.11. The Balaban J connectivity index is 2.35. The average molecular weight is 241 g/mol. The molecule has 0 radical (unpaired) electrons. The molecule has 0 spiro atoms. The van der Waals surface area contributed by atoms with E-state index < -0.39 is 10.8 Å². The summed E-state index contributed by atoms with van der Waals surface area (Å²) in [6.45, 7) is 3.71. The molecule has 0 aromatic carbocycles. The molecule has 2 N–H and O–H groups in total. The second kappa shape index (κ2) is 7.22. The third-order valence-corrected chi connectivity index (χ3v) is 2.89. The predicted octanol–water partition coefficient (Wildman–Crippen LogP) is 1.69. The minimum atomic E-state index is -0.704. The summed E-state index contributed by atoms with van der Waals surface area (Å²) in [6, 6.07) is 5.84. The summed E-state index contributed by atoms with van der Waals surface area (Å²) < 4.78 is 10.9. The van der Waals surface area contributed by atoms with Crippen LogP contribution in [0.2, 0.25) is 0 Å². The normalized spacial score (nSPS) is 12.1. The maximum atomic E-state index is 10.9. The molecule has 90 valence electrons. The van der Waals surface area contributed by atoms with Crippen molar-refractivity contribution >= 4 is 22.4 Å². The van der Waals surface area contributed by atoms with Gasteiger partial charge in [0.2, 0.25) is 0 Å². The van der Waals surface area contributed by atoms with Gasteiger partial charge in [-0.1, -0.05) is 6.07 Å². The first-order chi connectivity index (χ1) is 7.72. The molecule has 4 nitrogen and oxygen atoms in total. The molecule has 16 heavy (non-hydrogen) atoms. The van der Waals surface area contributed by atoms with Crippen molar-refractivity contribution in [1.82, 2.24) is 4.98 Å². The van der Waals surface area contributed by atoms with Gasteiger partial charge in [0, 0.05) is 35.9 Å². The second-order valence-corrected chi connectivity index (χ2v) is 5.05. The fraction of sp³-hybridized carbons (Fsp3) is 0.545. The fourth-order valence-corrected chi connectivity index (χ4v) is 1.86. The van der Waals surface area contributed by atoms with Crippen LogP contribution in [-0.2, 0) is 10.8 Å². The number of nitrogens with one attached hydrogen (secondary N) is 2. The number of pyridine rings is 1. The van der Waals surface area contributed by atoms with Gasteiger partial charge in [0.15, 0.2) is 0 Å². The van der Waals surface area contributed by atoms with Gasteiger partial charge in [0.25, 0.3) is 0 Å². The van der Waals surface area contributed by atoms with Crippen molar-refractivity contribution < 1.29 is 4.21 Å². The highest BCUT2D eigenvalue weighted by atomic mass is 32.2. The summed E-state index contributed by atoms with van der Waals surface area (Å²) in [6.07, 6.45) is 2.63. The van der Waals surface area contributed by atoms with Crippen LogP contribution in [0.15, 0.2) is 18.2 Å². The molecule has 0 amide bonds. The van der Waals surface area contributed by atoms with Crippen molar-refractivity contribution in [3.8, 4) is 0 Å². The lowest BCUT2D eigenvalue weighted by Crippen LogP contribution is -2.08. The van der Waals surface area contributed by atoms with Gasteiger partial charge in [-0.3, -0.25) is 4.21 Å². The van der Waals surface area contributed by atoms with Gasteiger partial charge in [-0.2, -0.15) is 0 Å². The maximum absolute atomic E-state index is 10.9. The van der Waals surface area contributed by atoms with Crippen LogP contribution in [0.3, 0.4) is 0 Å². The topological polar surface area (TPSA) is 54.0 Å². The van der Waals surface area contributed by atoms with Crippen LogP contribution in [0.5, 0.6) is 0 Å². The van der Waals surface area contributed by atoms with Gasteiger partial charge in [0.05, 0.1) is 0 Å². The first kappa shape index (κ1) is 13.0. The first-order valence-corrected chi connectivity index (χ1v) is 7.20. The molecule has 0 aliphatic carbocycles. The highest BCUT2D eigenvalue weighted by Crippen LogP contribution is 2.08. The number of hydrogen-bond donors (Lipinski definition) is 2. The van der Waals surface area contributed by atoms with Crippen molar-refractivity contribution in [2.45, 2.75) is 13.3 Å². The zero-order chi connectivity index (χ0) is 11.8.